The number of hydrogen-bond acceptors (Lipinski definition) is 5. The minimum Gasteiger partial charge on any atom is -0.497 e. The average Bonchev–Trinajstić information content (AvgIpc) is 3.28. The topological polar surface area (TPSA) is 68.2 Å². The van der Waals surface area contributed by atoms with E-state index < -0.39 is 5.97 Å². The van der Waals surface area contributed by atoms with Crippen molar-refractivity contribution in [2.24, 2.45) is 5.10 Å². The molecule has 0 aliphatic carbocycles. The van der Waals surface area contributed by atoms with E-state index >= 15 is 0 Å². The Hall–Kier alpha value is -4.19. The van der Waals surface area contributed by atoms with Crippen molar-refractivity contribution in [3.8, 4) is 11.5 Å². The van der Waals surface area contributed by atoms with Gasteiger partial charge in [-0.2, -0.15) is 5.10 Å². The second kappa shape index (κ2) is 9.96. The second-order valence-electron chi connectivity index (χ2n) is 7.56. The first-order valence-corrected chi connectivity index (χ1v) is 10.6. The third-order valence-electron chi connectivity index (χ3n) is 5.31. The number of hydrazone groups is 1. The van der Waals surface area contributed by atoms with E-state index in [1.165, 1.54) is 18.0 Å². The lowest BCUT2D eigenvalue weighted by atomic mass is 9.97. The molecule has 0 saturated carbocycles. The van der Waals surface area contributed by atoms with Crippen LogP contribution in [0.2, 0.25) is 0 Å². The maximum absolute atomic E-state index is 13.2. The highest BCUT2D eigenvalue weighted by Crippen LogP contribution is 2.35. The molecule has 1 aliphatic heterocycles. The molecule has 1 heterocycles. The molecule has 0 aromatic heterocycles. The monoisotopic (exact) mass is 440 g/mol. The van der Waals surface area contributed by atoms with Crippen LogP contribution in [0, 0.1) is 0 Å². The molecule has 1 amide bonds. The van der Waals surface area contributed by atoms with Gasteiger partial charge in [-0.3, -0.25) is 9.59 Å². The molecule has 0 saturated heterocycles. The van der Waals surface area contributed by atoms with Crippen molar-refractivity contribution in [3.63, 3.8) is 0 Å². The molecule has 0 radical (unpaired) electrons. The van der Waals surface area contributed by atoms with Gasteiger partial charge in [0.25, 0.3) is 5.91 Å². The zero-order chi connectivity index (χ0) is 23.2. The molecule has 4 rings (SSSR count). The van der Waals surface area contributed by atoms with E-state index in [9.17, 15) is 9.59 Å². The van der Waals surface area contributed by atoms with Gasteiger partial charge in [-0.25, -0.2) is 5.01 Å². The van der Waals surface area contributed by atoms with Crippen molar-refractivity contribution in [3.05, 3.63) is 102 Å². The van der Waals surface area contributed by atoms with E-state index in [0.29, 0.717) is 23.4 Å². The number of hydrogen-bond donors (Lipinski definition) is 0. The van der Waals surface area contributed by atoms with Crippen LogP contribution in [0.15, 0.2) is 90.0 Å². The Labute approximate surface area is 192 Å². The summed E-state index contributed by atoms with van der Waals surface area (Å²) in [6.45, 7) is 1.36. The number of rotatable bonds is 6. The third kappa shape index (κ3) is 5.18. The van der Waals surface area contributed by atoms with Crippen LogP contribution in [0.25, 0.3) is 6.08 Å². The largest absolute Gasteiger partial charge is 0.497 e. The minimum absolute atomic E-state index is 0.236. The quantitative estimate of drug-likeness (QED) is 0.307. The summed E-state index contributed by atoms with van der Waals surface area (Å²) in [7, 11) is 1.61. The highest BCUT2D eigenvalue weighted by Gasteiger charge is 2.33. The van der Waals surface area contributed by atoms with Gasteiger partial charge < -0.3 is 9.47 Å². The average molecular weight is 440 g/mol. The summed E-state index contributed by atoms with van der Waals surface area (Å²) < 4.78 is 10.6. The Bertz CT molecular complexity index is 1200. The fraction of sp³-hybridized carbons (Fsp3) is 0.148. The molecule has 3 aromatic rings. The van der Waals surface area contributed by atoms with Gasteiger partial charge in [0.15, 0.2) is 0 Å². The summed E-state index contributed by atoms with van der Waals surface area (Å²) in [5, 5.41) is 6.15. The van der Waals surface area contributed by atoms with E-state index in [-0.39, 0.29) is 11.9 Å². The zero-order valence-corrected chi connectivity index (χ0v) is 18.5. The predicted molar refractivity (Wildman–Crippen MR) is 127 cm³/mol. The number of carbonyl (C=O) groups is 2. The van der Waals surface area contributed by atoms with Crippen LogP contribution in [0.5, 0.6) is 11.5 Å². The zero-order valence-electron chi connectivity index (χ0n) is 18.5. The molecule has 1 unspecified atom stereocenters. The first kappa shape index (κ1) is 22.0. The summed E-state index contributed by atoms with van der Waals surface area (Å²) in [6, 6.07) is 24.1. The van der Waals surface area contributed by atoms with Crippen molar-refractivity contribution < 1.29 is 19.1 Å². The maximum Gasteiger partial charge on any atom is 0.308 e. The number of methoxy groups -OCH3 is 1. The molecule has 0 spiro atoms. The van der Waals surface area contributed by atoms with Crippen molar-refractivity contribution in [1.29, 1.82) is 0 Å². The first-order valence-electron chi connectivity index (χ1n) is 10.6. The number of para-hydroxylation sites is 1. The predicted octanol–water partition coefficient (Wildman–Crippen LogP) is 5.01. The molecule has 0 bridgehead atoms. The number of benzene rings is 3. The Morgan fingerprint density at radius 2 is 1.67 bits per heavy atom. The molecule has 6 nitrogen and oxygen atoms in total. The summed E-state index contributed by atoms with van der Waals surface area (Å²) in [6.07, 6.45) is 3.78. The van der Waals surface area contributed by atoms with Gasteiger partial charge in [-0.1, -0.05) is 54.6 Å². The number of ether oxygens (including phenoxy) is 2. The van der Waals surface area contributed by atoms with Gasteiger partial charge in [-0.05, 0) is 41.5 Å². The van der Waals surface area contributed by atoms with Gasteiger partial charge in [0.2, 0.25) is 0 Å². The third-order valence-corrected chi connectivity index (χ3v) is 5.31. The number of carbonyl (C=O) groups excluding carboxylic acids is 2. The molecule has 33 heavy (non-hydrogen) atoms. The Kier molecular flexibility index (Phi) is 6.64. The van der Waals surface area contributed by atoms with Crippen LogP contribution in [-0.4, -0.2) is 29.7 Å². The Morgan fingerprint density at radius 1 is 0.970 bits per heavy atom. The number of esters is 1. The fourth-order valence-electron chi connectivity index (χ4n) is 3.72. The molecule has 1 atom stereocenters. The molecule has 3 aromatic carbocycles. The molecule has 0 N–H and O–H groups in total. The van der Waals surface area contributed by atoms with E-state index in [1.807, 2.05) is 66.7 Å². The van der Waals surface area contributed by atoms with Crippen molar-refractivity contribution in [2.75, 3.05) is 7.11 Å². The van der Waals surface area contributed by atoms with Gasteiger partial charge in [-0.15, -0.1) is 0 Å². The molecule has 6 heteroatoms. The first-order chi connectivity index (χ1) is 16.0. The van der Waals surface area contributed by atoms with Crippen LogP contribution in [0.1, 0.15) is 36.1 Å². The lowest BCUT2D eigenvalue weighted by Crippen LogP contribution is -2.25. The van der Waals surface area contributed by atoms with Crippen LogP contribution in [-0.2, 0) is 9.59 Å². The van der Waals surface area contributed by atoms with E-state index in [4.69, 9.17) is 9.47 Å². The van der Waals surface area contributed by atoms with Gasteiger partial charge in [0.1, 0.15) is 11.5 Å². The van der Waals surface area contributed by atoms with Crippen molar-refractivity contribution in [1.82, 2.24) is 5.01 Å². The van der Waals surface area contributed by atoms with Gasteiger partial charge in [0, 0.05) is 25.0 Å². The molecular weight excluding hydrogens is 416 g/mol. The van der Waals surface area contributed by atoms with Crippen molar-refractivity contribution >= 4 is 23.7 Å². The SMILES string of the molecule is COc1ccc(C2CC(c3ccccc3OC(C)=O)=NN2C(=O)/C=C/c2ccccc2)cc1. The molecule has 166 valence electrons. The summed E-state index contributed by atoms with van der Waals surface area (Å²) in [5.74, 6) is 0.511. The van der Waals surface area contributed by atoms with Crippen LogP contribution < -0.4 is 9.47 Å². The maximum atomic E-state index is 13.2. The lowest BCUT2D eigenvalue weighted by Gasteiger charge is -2.21. The molecule has 0 fully saturated rings. The standard InChI is InChI=1S/C27H24N2O4/c1-19(30)33-26-11-7-6-10-23(26)24-18-25(21-13-15-22(32-2)16-14-21)29(28-24)27(31)17-12-20-8-4-3-5-9-20/h3-17,25H,18H2,1-2H3/b17-12+. The summed E-state index contributed by atoms with van der Waals surface area (Å²) >= 11 is 0. The number of nitrogens with zero attached hydrogens (tertiary/aromatic N) is 2. The van der Waals surface area contributed by atoms with Gasteiger partial charge in [0.05, 0.1) is 18.9 Å². The lowest BCUT2D eigenvalue weighted by molar-refractivity contribution is -0.132. The Morgan fingerprint density at radius 3 is 2.36 bits per heavy atom. The number of amides is 1. The summed E-state index contributed by atoms with van der Waals surface area (Å²) in [4.78, 5) is 24.8. The summed E-state index contributed by atoms with van der Waals surface area (Å²) in [5.41, 5.74) is 3.22. The Balaban J connectivity index is 1.68. The highest BCUT2D eigenvalue weighted by molar-refractivity contribution is 6.06. The van der Waals surface area contributed by atoms with E-state index in [2.05, 4.69) is 5.10 Å². The van der Waals surface area contributed by atoms with Crippen LogP contribution >= 0.6 is 0 Å². The molecular formula is C27H24N2O4. The minimum atomic E-state index is -0.411. The smallest absolute Gasteiger partial charge is 0.308 e. The van der Waals surface area contributed by atoms with Crippen molar-refractivity contribution in [2.45, 2.75) is 19.4 Å². The van der Waals surface area contributed by atoms with Gasteiger partial charge >= 0.3 is 5.97 Å². The molecule has 1 aliphatic rings. The highest BCUT2D eigenvalue weighted by atomic mass is 16.5. The fourth-order valence-corrected chi connectivity index (χ4v) is 3.72. The van der Waals surface area contributed by atoms with E-state index in [0.717, 1.165) is 16.9 Å². The normalized spacial score (nSPS) is 15.4. The van der Waals surface area contributed by atoms with Crippen LogP contribution in [0.4, 0.5) is 0 Å². The second-order valence-corrected chi connectivity index (χ2v) is 7.56. The van der Waals surface area contributed by atoms with E-state index in [1.54, 1.807) is 25.3 Å². The van der Waals surface area contributed by atoms with Crippen LogP contribution in [0.3, 0.4) is 0 Å².